The topological polar surface area (TPSA) is 44.8 Å². The van der Waals surface area contributed by atoms with Crippen LogP contribution in [0.25, 0.3) is 11.2 Å². The van der Waals surface area contributed by atoms with Gasteiger partial charge in [-0.3, -0.25) is 0 Å². The van der Waals surface area contributed by atoms with Gasteiger partial charge in [0.05, 0.1) is 13.2 Å². The second kappa shape index (κ2) is 1.95. The maximum Gasteiger partial charge on any atom is 0.311 e. The molecular weight excluding hydrogens is 142 g/mol. The van der Waals surface area contributed by atoms with Gasteiger partial charge in [0.25, 0.3) is 0 Å². The second-order valence-corrected chi connectivity index (χ2v) is 2.40. The number of aromatic nitrogens is 3. The molecule has 56 valence electrons. The highest BCUT2D eigenvalue weighted by Crippen LogP contribution is 2.03. The van der Waals surface area contributed by atoms with Crippen molar-refractivity contribution in [1.29, 1.82) is 0 Å². The van der Waals surface area contributed by atoms with E-state index in [9.17, 15) is 5.21 Å². The molecular formula is C7H7N3O. The fourth-order valence-electron chi connectivity index (χ4n) is 1.11. The Kier molecular flexibility index (Phi) is 1.09. The van der Waals surface area contributed by atoms with Crippen LogP contribution in [0.1, 0.15) is 0 Å². The first-order chi connectivity index (χ1) is 5.29. The van der Waals surface area contributed by atoms with Crippen LogP contribution >= 0.6 is 0 Å². The first-order valence-corrected chi connectivity index (χ1v) is 3.28. The molecule has 0 radical (unpaired) electrons. The lowest BCUT2D eigenvalue weighted by Gasteiger charge is -2.00. The largest absolute Gasteiger partial charge is 0.711 e. The lowest BCUT2D eigenvalue weighted by atomic mass is 10.4. The summed E-state index contributed by atoms with van der Waals surface area (Å²) in [6.07, 6.45) is 3.09. The molecule has 0 unspecified atom stereocenters. The zero-order chi connectivity index (χ0) is 7.84. The molecule has 2 rings (SSSR count). The van der Waals surface area contributed by atoms with E-state index in [-0.39, 0.29) is 0 Å². The van der Waals surface area contributed by atoms with E-state index in [4.69, 9.17) is 0 Å². The van der Waals surface area contributed by atoms with Gasteiger partial charge in [0.15, 0.2) is 11.8 Å². The lowest BCUT2D eigenvalue weighted by Crippen LogP contribution is -2.27. The fraction of sp³-hybridized carbons (Fsp3) is 0.143. The van der Waals surface area contributed by atoms with Crippen LogP contribution in [0, 0.1) is 5.21 Å². The van der Waals surface area contributed by atoms with Crippen molar-refractivity contribution < 1.29 is 4.73 Å². The van der Waals surface area contributed by atoms with Gasteiger partial charge in [-0.15, -0.1) is 0 Å². The van der Waals surface area contributed by atoms with E-state index in [0.717, 1.165) is 10.2 Å². The number of rotatable bonds is 0. The van der Waals surface area contributed by atoms with Crippen molar-refractivity contribution in [2.24, 2.45) is 7.05 Å². The van der Waals surface area contributed by atoms with Gasteiger partial charge >= 0.3 is 5.65 Å². The first-order valence-electron chi connectivity index (χ1n) is 3.28. The van der Waals surface area contributed by atoms with Crippen LogP contribution in [0.5, 0.6) is 0 Å². The maximum atomic E-state index is 11.1. The van der Waals surface area contributed by atoms with Gasteiger partial charge in [0.2, 0.25) is 0 Å². The smallest absolute Gasteiger partial charge is 0.311 e. The average Bonchev–Trinajstić information content (AvgIpc) is 2.34. The van der Waals surface area contributed by atoms with E-state index < -0.39 is 0 Å². The predicted molar refractivity (Wildman–Crippen MR) is 39.7 cm³/mol. The van der Waals surface area contributed by atoms with E-state index in [1.54, 1.807) is 24.0 Å². The summed E-state index contributed by atoms with van der Waals surface area (Å²) >= 11 is 0. The molecule has 4 nitrogen and oxygen atoms in total. The fourth-order valence-corrected chi connectivity index (χ4v) is 1.11. The van der Waals surface area contributed by atoms with Crippen molar-refractivity contribution in [2.75, 3.05) is 0 Å². The quantitative estimate of drug-likeness (QED) is 0.397. The highest BCUT2D eigenvalue weighted by atomic mass is 16.5. The van der Waals surface area contributed by atoms with E-state index in [0.29, 0.717) is 5.65 Å². The molecule has 0 aliphatic carbocycles. The van der Waals surface area contributed by atoms with Crippen LogP contribution in [-0.2, 0) is 7.05 Å². The van der Waals surface area contributed by atoms with Gasteiger partial charge in [-0.2, -0.15) is 0 Å². The molecule has 0 spiro atoms. The third-order valence-corrected chi connectivity index (χ3v) is 1.62. The van der Waals surface area contributed by atoms with E-state index >= 15 is 0 Å². The molecule has 0 aromatic carbocycles. The van der Waals surface area contributed by atoms with Crippen molar-refractivity contribution in [2.45, 2.75) is 0 Å². The Morgan fingerprint density at radius 3 is 3.18 bits per heavy atom. The molecule has 0 N–H and O–H groups in total. The van der Waals surface area contributed by atoms with Crippen molar-refractivity contribution >= 4 is 11.2 Å². The number of aryl methyl sites for hydroxylation is 1. The van der Waals surface area contributed by atoms with Crippen LogP contribution in [0.2, 0.25) is 0 Å². The molecule has 11 heavy (non-hydrogen) atoms. The maximum absolute atomic E-state index is 11.1. The third-order valence-electron chi connectivity index (χ3n) is 1.62. The highest BCUT2D eigenvalue weighted by Gasteiger charge is 2.06. The molecule has 0 saturated carbocycles. The van der Waals surface area contributed by atoms with E-state index in [1.807, 2.05) is 6.07 Å². The third kappa shape index (κ3) is 0.756. The summed E-state index contributed by atoms with van der Waals surface area (Å²) < 4.78 is 2.50. The van der Waals surface area contributed by atoms with Crippen LogP contribution in [0.15, 0.2) is 24.7 Å². The molecule has 0 amide bonds. The van der Waals surface area contributed by atoms with Crippen LogP contribution in [0.4, 0.5) is 0 Å². The Morgan fingerprint density at radius 2 is 2.45 bits per heavy atom. The molecule has 0 bridgehead atoms. The molecule has 4 heteroatoms. The molecule has 2 aromatic heterocycles. The average molecular weight is 149 g/mol. The van der Waals surface area contributed by atoms with Crippen LogP contribution in [-0.4, -0.2) is 9.55 Å². The number of hydrogen-bond acceptors (Lipinski definition) is 2. The molecule has 0 aliphatic rings. The minimum Gasteiger partial charge on any atom is -0.711 e. The Morgan fingerprint density at radius 1 is 1.64 bits per heavy atom. The molecule has 0 aliphatic heterocycles. The Hall–Kier alpha value is -1.58. The summed E-state index contributed by atoms with van der Waals surface area (Å²) in [6.45, 7) is 0. The molecule has 2 aromatic rings. The first kappa shape index (κ1) is 6.15. The van der Waals surface area contributed by atoms with Gasteiger partial charge in [-0.25, -0.2) is 14.3 Å². The van der Waals surface area contributed by atoms with Crippen molar-refractivity contribution in [3.8, 4) is 0 Å². The number of pyridine rings is 1. The number of nitrogens with zero attached hydrogens (tertiary/aromatic N) is 3. The highest BCUT2D eigenvalue weighted by molar-refractivity contribution is 5.66. The van der Waals surface area contributed by atoms with Gasteiger partial charge in [0.1, 0.15) is 0 Å². The van der Waals surface area contributed by atoms with Gasteiger partial charge in [-0.1, -0.05) is 0 Å². The van der Waals surface area contributed by atoms with Gasteiger partial charge in [-0.05, 0) is 12.1 Å². The lowest BCUT2D eigenvalue weighted by molar-refractivity contribution is -0.580. The van der Waals surface area contributed by atoms with Crippen LogP contribution < -0.4 is 4.73 Å². The van der Waals surface area contributed by atoms with Crippen molar-refractivity contribution in [1.82, 2.24) is 9.55 Å². The van der Waals surface area contributed by atoms with Gasteiger partial charge in [0, 0.05) is 0 Å². The predicted octanol–water partition coefficient (Wildman–Crippen LogP) is 0.207. The summed E-state index contributed by atoms with van der Waals surface area (Å²) in [5, 5.41) is 11.1. The van der Waals surface area contributed by atoms with Crippen molar-refractivity contribution in [3.05, 3.63) is 29.9 Å². The standard InChI is InChI=1S/C7H7N3O/c1-9-5-8-6-3-2-4-10(11)7(6)9/h2-5H,1H3. The summed E-state index contributed by atoms with van der Waals surface area (Å²) in [7, 11) is 1.80. The SMILES string of the molecule is Cn1cnc2ccc[n+]([O-])c21. The molecule has 2 heterocycles. The van der Waals surface area contributed by atoms with E-state index in [1.165, 1.54) is 6.20 Å². The monoisotopic (exact) mass is 149 g/mol. The number of fused-ring (bicyclic) bond motifs is 1. The summed E-state index contributed by atoms with van der Waals surface area (Å²) in [4.78, 5) is 4.02. The zero-order valence-corrected chi connectivity index (χ0v) is 6.06. The number of hydrogen-bond donors (Lipinski definition) is 0. The van der Waals surface area contributed by atoms with E-state index in [2.05, 4.69) is 4.98 Å². The molecule has 0 atom stereocenters. The second-order valence-electron chi connectivity index (χ2n) is 2.40. The molecule has 0 saturated heterocycles. The van der Waals surface area contributed by atoms with Crippen LogP contribution in [0.3, 0.4) is 0 Å². The minimum atomic E-state index is 0.590. The summed E-state index contributed by atoms with van der Waals surface area (Å²) in [5.74, 6) is 0. The summed E-state index contributed by atoms with van der Waals surface area (Å²) in [5.41, 5.74) is 1.32. The summed E-state index contributed by atoms with van der Waals surface area (Å²) in [6, 6.07) is 3.49. The normalized spacial score (nSPS) is 10.6. The number of imidazole rings is 1. The Balaban J connectivity index is 2.96. The molecule has 0 fully saturated rings. The Labute approximate surface area is 63.3 Å². The van der Waals surface area contributed by atoms with Crippen molar-refractivity contribution in [3.63, 3.8) is 0 Å². The Bertz CT molecular complexity index is 393. The zero-order valence-electron chi connectivity index (χ0n) is 6.06. The minimum absolute atomic E-state index is 0.590. The van der Waals surface area contributed by atoms with Gasteiger partial charge < -0.3 is 5.21 Å².